The van der Waals surface area contributed by atoms with Crippen LogP contribution in [-0.4, -0.2) is 49.9 Å². The van der Waals surface area contributed by atoms with Gasteiger partial charge in [-0.1, -0.05) is 0 Å². The first kappa shape index (κ1) is 12.9. The molecular weight excluding hydrogens is 247 g/mol. The number of esters is 1. The summed E-state index contributed by atoms with van der Waals surface area (Å²) < 4.78 is 18.7. The van der Waals surface area contributed by atoms with Crippen molar-refractivity contribution in [3.8, 4) is 0 Å². The van der Waals surface area contributed by atoms with Gasteiger partial charge >= 0.3 is 13.8 Å². The van der Waals surface area contributed by atoms with Crippen LogP contribution in [0.2, 0.25) is 0 Å². The Bertz CT molecular complexity index is 368. The van der Waals surface area contributed by atoms with Gasteiger partial charge in [0.1, 0.15) is 6.10 Å². The fraction of sp³-hybridized carbons (Fsp3) is 0.500. The maximum Gasteiger partial charge on any atom is 0.525 e. The molecule has 2 unspecified atom stereocenters. The Morgan fingerprint density at radius 1 is 1.50 bits per heavy atom. The van der Waals surface area contributed by atoms with E-state index in [-0.39, 0.29) is 0 Å². The third-order valence-electron chi connectivity index (χ3n) is 1.67. The Morgan fingerprint density at radius 2 is 2.06 bits per heavy atom. The van der Waals surface area contributed by atoms with E-state index in [1.54, 1.807) is 0 Å². The number of hydrogen-bond donors (Lipinski definition) is 5. The van der Waals surface area contributed by atoms with Crippen molar-refractivity contribution in [3.05, 3.63) is 11.5 Å². The molecule has 0 spiro atoms. The number of aliphatic hydroxyl groups is 3. The van der Waals surface area contributed by atoms with Gasteiger partial charge < -0.3 is 24.6 Å². The van der Waals surface area contributed by atoms with Gasteiger partial charge in [-0.3, -0.25) is 9.79 Å². The van der Waals surface area contributed by atoms with Gasteiger partial charge in [0, 0.05) is 0 Å². The van der Waals surface area contributed by atoms with Crippen LogP contribution in [0.15, 0.2) is 11.5 Å². The van der Waals surface area contributed by atoms with Gasteiger partial charge in [0.2, 0.25) is 0 Å². The van der Waals surface area contributed by atoms with Gasteiger partial charge in [-0.05, 0) is 0 Å². The second-order valence-electron chi connectivity index (χ2n) is 2.87. The highest BCUT2D eigenvalue weighted by Gasteiger charge is 2.42. The van der Waals surface area contributed by atoms with E-state index >= 15 is 0 Å². The molecule has 1 heterocycles. The van der Waals surface area contributed by atoms with Gasteiger partial charge in [-0.15, -0.1) is 0 Å². The number of phosphoric acid groups is 1. The van der Waals surface area contributed by atoms with Crippen LogP contribution in [0.3, 0.4) is 0 Å². The first-order valence-corrected chi connectivity index (χ1v) is 5.47. The molecule has 0 radical (unpaired) electrons. The van der Waals surface area contributed by atoms with Crippen molar-refractivity contribution in [2.24, 2.45) is 0 Å². The van der Waals surface area contributed by atoms with Crippen LogP contribution in [0, 0.1) is 0 Å². The monoisotopic (exact) mass is 256 g/mol. The van der Waals surface area contributed by atoms with E-state index < -0.39 is 44.1 Å². The molecule has 0 bridgehead atoms. The predicted molar refractivity (Wildman–Crippen MR) is 45.8 cm³/mol. The van der Waals surface area contributed by atoms with Gasteiger partial charge in [0.15, 0.2) is 11.9 Å². The number of phosphoric ester groups is 1. The van der Waals surface area contributed by atoms with E-state index in [0.29, 0.717) is 0 Å². The lowest BCUT2D eigenvalue weighted by Gasteiger charge is -2.13. The molecule has 1 aliphatic heterocycles. The SMILES string of the molecule is O=C1OC(C(O)CO)C(O)=C1OP(=O)(O)O. The fourth-order valence-corrected chi connectivity index (χ4v) is 1.42. The summed E-state index contributed by atoms with van der Waals surface area (Å²) in [6, 6.07) is 0. The fourth-order valence-electron chi connectivity index (χ4n) is 1.02. The Morgan fingerprint density at radius 3 is 2.50 bits per heavy atom. The number of ether oxygens (including phenoxy) is 1. The summed E-state index contributed by atoms with van der Waals surface area (Å²) in [5.41, 5.74) is 0. The Balaban J connectivity index is 2.94. The van der Waals surface area contributed by atoms with Crippen molar-refractivity contribution >= 4 is 13.8 Å². The van der Waals surface area contributed by atoms with Crippen LogP contribution in [0.4, 0.5) is 0 Å². The van der Waals surface area contributed by atoms with E-state index in [1.165, 1.54) is 0 Å². The lowest BCUT2D eigenvalue weighted by Crippen LogP contribution is -2.31. The molecule has 0 fully saturated rings. The lowest BCUT2D eigenvalue weighted by atomic mass is 10.2. The van der Waals surface area contributed by atoms with Crippen LogP contribution in [0.1, 0.15) is 0 Å². The smallest absolute Gasteiger partial charge is 0.505 e. The van der Waals surface area contributed by atoms with E-state index in [4.69, 9.17) is 20.0 Å². The van der Waals surface area contributed by atoms with Crippen molar-refractivity contribution in [1.29, 1.82) is 0 Å². The topological polar surface area (TPSA) is 154 Å². The van der Waals surface area contributed by atoms with Gasteiger partial charge in [-0.2, -0.15) is 0 Å². The first-order valence-electron chi connectivity index (χ1n) is 3.94. The summed E-state index contributed by atoms with van der Waals surface area (Å²) in [5.74, 6) is -3.39. The van der Waals surface area contributed by atoms with Crippen LogP contribution >= 0.6 is 7.82 Å². The zero-order chi connectivity index (χ0) is 12.5. The standard InChI is InChI=1S/C6H9O9P/c7-1-2(8)4-3(9)5(6(10)14-4)15-16(11,12)13/h2,4,7-9H,1H2,(H2,11,12,13). The molecule has 0 saturated heterocycles. The van der Waals surface area contributed by atoms with Crippen molar-refractivity contribution in [1.82, 2.24) is 0 Å². The second kappa shape index (κ2) is 4.40. The molecule has 9 nitrogen and oxygen atoms in total. The highest BCUT2D eigenvalue weighted by Crippen LogP contribution is 2.42. The third kappa shape index (κ3) is 2.71. The summed E-state index contributed by atoms with van der Waals surface area (Å²) in [4.78, 5) is 27.8. The maximum absolute atomic E-state index is 11.0. The zero-order valence-corrected chi connectivity index (χ0v) is 8.57. The lowest BCUT2D eigenvalue weighted by molar-refractivity contribution is -0.147. The number of hydrogen-bond acceptors (Lipinski definition) is 7. The molecule has 5 N–H and O–H groups in total. The van der Waals surface area contributed by atoms with Crippen molar-refractivity contribution in [3.63, 3.8) is 0 Å². The average molecular weight is 256 g/mol. The minimum atomic E-state index is -5.02. The summed E-state index contributed by atoms with van der Waals surface area (Å²) >= 11 is 0. The van der Waals surface area contributed by atoms with Crippen LogP contribution in [0.5, 0.6) is 0 Å². The molecule has 10 heteroatoms. The Hall–Kier alpha value is -1.12. The average Bonchev–Trinajstić information content (AvgIpc) is 2.42. The molecule has 0 aliphatic carbocycles. The predicted octanol–water partition coefficient (Wildman–Crippen LogP) is -1.86. The third-order valence-corrected chi connectivity index (χ3v) is 2.09. The number of carbonyl (C=O) groups excluding carboxylic acids is 1. The van der Waals surface area contributed by atoms with E-state index in [1.807, 2.05) is 0 Å². The number of carbonyl (C=O) groups is 1. The van der Waals surface area contributed by atoms with E-state index in [9.17, 15) is 14.5 Å². The van der Waals surface area contributed by atoms with Gasteiger partial charge in [-0.25, -0.2) is 9.36 Å². The molecule has 2 atom stereocenters. The highest BCUT2D eigenvalue weighted by molar-refractivity contribution is 7.46. The molecule has 92 valence electrons. The summed E-state index contributed by atoms with van der Waals surface area (Å²) in [5, 5.41) is 26.9. The number of aliphatic hydroxyl groups excluding tert-OH is 3. The molecule has 16 heavy (non-hydrogen) atoms. The second-order valence-corrected chi connectivity index (χ2v) is 4.04. The van der Waals surface area contributed by atoms with Gasteiger partial charge in [0.25, 0.3) is 5.76 Å². The minimum Gasteiger partial charge on any atom is -0.505 e. The minimum absolute atomic E-state index is 0.814. The van der Waals surface area contributed by atoms with Crippen LogP contribution in [0.25, 0.3) is 0 Å². The Kier molecular flexibility index (Phi) is 3.56. The number of cyclic esters (lactones) is 1. The molecule has 0 aromatic carbocycles. The van der Waals surface area contributed by atoms with E-state index in [0.717, 1.165) is 0 Å². The van der Waals surface area contributed by atoms with Crippen molar-refractivity contribution < 1.29 is 43.7 Å². The van der Waals surface area contributed by atoms with E-state index in [2.05, 4.69) is 9.26 Å². The molecule has 0 saturated carbocycles. The Labute approximate surface area is 88.8 Å². The maximum atomic E-state index is 11.0. The molecule has 0 aromatic heterocycles. The summed E-state index contributed by atoms with van der Waals surface area (Å²) in [6.07, 6.45) is -3.21. The summed E-state index contributed by atoms with van der Waals surface area (Å²) in [6.45, 7) is -0.814. The largest absolute Gasteiger partial charge is 0.525 e. The highest BCUT2D eigenvalue weighted by atomic mass is 31.2. The number of rotatable bonds is 4. The van der Waals surface area contributed by atoms with Crippen molar-refractivity contribution in [2.45, 2.75) is 12.2 Å². The normalized spacial score (nSPS) is 23.2. The van der Waals surface area contributed by atoms with Crippen molar-refractivity contribution in [2.75, 3.05) is 6.61 Å². The first-order chi connectivity index (χ1) is 7.26. The van der Waals surface area contributed by atoms with Crippen LogP contribution < -0.4 is 0 Å². The quantitative estimate of drug-likeness (QED) is 0.288. The van der Waals surface area contributed by atoms with Gasteiger partial charge in [0.05, 0.1) is 6.61 Å². The molecule has 1 aliphatic rings. The zero-order valence-electron chi connectivity index (χ0n) is 7.68. The molecule has 0 aromatic rings. The molecular formula is C6H9O9P. The molecule has 0 amide bonds. The summed E-state index contributed by atoms with van der Waals surface area (Å²) in [7, 11) is -5.02. The van der Waals surface area contributed by atoms with Crippen LogP contribution in [-0.2, 0) is 18.6 Å². The molecule has 1 rings (SSSR count).